The van der Waals surface area contributed by atoms with E-state index in [1.165, 1.54) is 26.3 Å². The summed E-state index contributed by atoms with van der Waals surface area (Å²) in [6, 6.07) is 3.66. The van der Waals surface area contributed by atoms with E-state index in [2.05, 4.69) is 25.2 Å². The maximum atomic E-state index is 14.3. The second kappa shape index (κ2) is 5.21. The average Bonchev–Trinajstić information content (AvgIpc) is 3.24. The molecule has 6 nitrogen and oxygen atoms in total. The van der Waals surface area contributed by atoms with Gasteiger partial charge in [0.25, 0.3) is 0 Å². The van der Waals surface area contributed by atoms with Gasteiger partial charge in [-0.15, -0.1) is 0 Å². The topological polar surface area (TPSA) is 71.0 Å². The molecule has 0 aromatic carbocycles. The molecule has 1 amide bonds. The van der Waals surface area contributed by atoms with Crippen LogP contribution in [-0.2, 0) is 15.9 Å². The Morgan fingerprint density at radius 1 is 1.36 bits per heavy atom. The normalized spacial score (nSPS) is 17.5. The number of carbonyl (C=O) groups excluding carboxylic acids is 1. The summed E-state index contributed by atoms with van der Waals surface area (Å²) in [5.74, 6) is 1.18. The van der Waals surface area contributed by atoms with Crippen LogP contribution >= 0.6 is 0 Å². The lowest BCUT2D eigenvalue weighted by atomic mass is 10.0. The van der Waals surface area contributed by atoms with E-state index < -0.39 is 5.67 Å². The molecule has 0 unspecified atom stereocenters. The Hall–Kier alpha value is -2.57. The first kappa shape index (κ1) is 15.9. The molecule has 25 heavy (non-hydrogen) atoms. The minimum Gasteiger partial charge on any atom is -0.325 e. The molecular formula is C18H20FN5O. The number of pyridine rings is 1. The highest BCUT2D eigenvalue weighted by molar-refractivity contribution is 5.89. The van der Waals surface area contributed by atoms with Crippen LogP contribution in [0.2, 0.25) is 0 Å². The van der Waals surface area contributed by atoms with E-state index in [9.17, 15) is 9.18 Å². The maximum Gasteiger partial charge on any atom is 0.222 e. The minimum atomic E-state index is -1.60. The van der Waals surface area contributed by atoms with E-state index in [0.717, 1.165) is 25.1 Å². The van der Waals surface area contributed by atoms with E-state index in [-0.39, 0.29) is 17.1 Å². The quantitative estimate of drug-likeness (QED) is 0.928. The van der Waals surface area contributed by atoms with Crippen molar-refractivity contribution in [2.45, 2.75) is 44.7 Å². The molecule has 7 heteroatoms. The van der Waals surface area contributed by atoms with Gasteiger partial charge in [0, 0.05) is 42.9 Å². The molecule has 1 saturated carbocycles. The Bertz CT molecular complexity index is 857. The van der Waals surface area contributed by atoms with Gasteiger partial charge in [-0.2, -0.15) is 0 Å². The highest BCUT2D eigenvalue weighted by Gasteiger charge is 2.52. The molecule has 1 aliphatic carbocycles. The van der Waals surface area contributed by atoms with Crippen LogP contribution in [0.3, 0.4) is 0 Å². The van der Waals surface area contributed by atoms with Crippen molar-refractivity contribution in [2.75, 3.05) is 16.8 Å². The van der Waals surface area contributed by atoms with Crippen molar-refractivity contribution < 1.29 is 9.18 Å². The van der Waals surface area contributed by atoms with Crippen molar-refractivity contribution in [1.29, 1.82) is 0 Å². The van der Waals surface area contributed by atoms with Crippen molar-refractivity contribution in [2.24, 2.45) is 0 Å². The van der Waals surface area contributed by atoms with Gasteiger partial charge in [-0.25, -0.2) is 19.3 Å². The molecule has 2 aliphatic rings. The standard InChI is InChI=1S/C18H20FN5O/c1-11(25)22-14-8-13-12(9-21-14)18(5-6-18)10-24(13)15-4-7-20-16(23-15)17(2,3)19/h4,7-9H,5-6,10H2,1-3H3,(H,21,22,25). The van der Waals surface area contributed by atoms with Gasteiger partial charge in [-0.3, -0.25) is 4.79 Å². The number of aromatic nitrogens is 3. The molecule has 130 valence electrons. The zero-order chi connectivity index (χ0) is 17.8. The number of anilines is 3. The molecule has 2 aromatic heterocycles. The Morgan fingerprint density at radius 2 is 2.12 bits per heavy atom. The predicted molar refractivity (Wildman–Crippen MR) is 92.6 cm³/mol. The summed E-state index contributed by atoms with van der Waals surface area (Å²) in [4.78, 5) is 26.3. The summed E-state index contributed by atoms with van der Waals surface area (Å²) in [7, 11) is 0. The summed E-state index contributed by atoms with van der Waals surface area (Å²) >= 11 is 0. The van der Waals surface area contributed by atoms with Crippen LogP contribution in [0.15, 0.2) is 24.5 Å². The van der Waals surface area contributed by atoms with Crippen LogP contribution in [0, 0.1) is 0 Å². The molecule has 0 bridgehead atoms. The van der Waals surface area contributed by atoms with Crippen LogP contribution in [0.4, 0.5) is 21.7 Å². The van der Waals surface area contributed by atoms with Crippen LogP contribution < -0.4 is 10.2 Å². The van der Waals surface area contributed by atoms with E-state index in [0.29, 0.717) is 11.6 Å². The number of amides is 1. The van der Waals surface area contributed by atoms with E-state index in [1.807, 2.05) is 12.3 Å². The van der Waals surface area contributed by atoms with Gasteiger partial charge in [0.05, 0.1) is 5.69 Å². The van der Waals surface area contributed by atoms with Crippen molar-refractivity contribution >= 4 is 23.2 Å². The molecule has 0 saturated heterocycles. The first-order valence-electron chi connectivity index (χ1n) is 8.37. The van der Waals surface area contributed by atoms with Gasteiger partial charge < -0.3 is 10.2 Å². The lowest BCUT2D eigenvalue weighted by Crippen LogP contribution is -2.22. The smallest absolute Gasteiger partial charge is 0.222 e. The van der Waals surface area contributed by atoms with Gasteiger partial charge in [0.15, 0.2) is 11.5 Å². The molecular weight excluding hydrogens is 321 g/mol. The largest absolute Gasteiger partial charge is 0.325 e. The number of halogens is 1. The summed E-state index contributed by atoms with van der Waals surface area (Å²) in [5.41, 5.74) is 0.641. The third-order valence-corrected chi connectivity index (χ3v) is 4.81. The predicted octanol–water partition coefficient (Wildman–Crippen LogP) is 3.22. The number of nitrogens with zero attached hydrogens (tertiary/aromatic N) is 4. The van der Waals surface area contributed by atoms with Crippen molar-refractivity contribution in [3.05, 3.63) is 35.9 Å². The van der Waals surface area contributed by atoms with Gasteiger partial charge in [0.1, 0.15) is 11.6 Å². The third kappa shape index (κ3) is 2.73. The van der Waals surface area contributed by atoms with Crippen LogP contribution in [0.25, 0.3) is 0 Å². The summed E-state index contributed by atoms with van der Waals surface area (Å²) in [6.07, 6.45) is 5.63. The summed E-state index contributed by atoms with van der Waals surface area (Å²) in [6.45, 7) is 5.14. The minimum absolute atomic E-state index is 0.105. The number of hydrogen-bond acceptors (Lipinski definition) is 5. The SMILES string of the molecule is CC(=O)Nc1cc2c(cn1)C1(CC1)CN2c1ccnc(C(C)(C)F)n1. The number of carbonyl (C=O) groups is 1. The second-order valence-electron chi connectivity index (χ2n) is 7.35. The number of hydrogen-bond donors (Lipinski definition) is 1. The number of nitrogens with one attached hydrogen (secondary N) is 1. The number of rotatable bonds is 3. The van der Waals surface area contributed by atoms with Gasteiger partial charge >= 0.3 is 0 Å². The van der Waals surface area contributed by atoms with E-state index in [1.54, 1.807) is 12.3 Å². The van der Waals surface area contributed by atoms with Crippen LogP contribution in [0.1, 0.15) is 45.0 Å². The number of alkyl halides is 1. The lowest BCUT2D eigenvalue weighted by Gasteiger charge is -2.21. The Balaban J connectivity index is 1.77. The Kier molecular flexibility index (Phi) is 3.32. The molecule has 4 rings (SSSR count). The van der Waals surface area contributed by atoms with Crippen LogP contribution in [-0.4, -0.2) is 27.4 Å². The zero-order valence-corrected chi connectivity index (χ0v) is 14.5. The first-order chi connectivity index (χ1) is 11.8. The molecule has 0 atom stereocenters. The van der Waals surface area contributed by atoms with E-state index in [4.69, 9.17) is 0 Å². The fourth-order valence-corrected chi connectivity index (χ4v) is 3.37. The first-order valence-corrected chi connectivity index (χ1v) is 8.37. The summed E-state index contributed by atoms with van der Waals surface area (Å²) in [5, 5.41) is 2.72. The second-order valence-corrected chi connectivity index (χ2v) is 7.35. The molecule has 1 fully saturated rings. The fraction of sp³-hybridized carbons (Fsp3) is 0.444. The van der Waals surface area contributed by atoms with Gasteiger partial charge in [0.2, 0.25) is 5.91 Å². The Labute approximate surface area is 145 Å². The van der Waals surface area contributed by atoms with Gasteiger partial charge in [-0.1, -0.05) is 0 Å². The molecule has 1 spiro atoms. The molecule has 3 heterocycles. The van der Waals surface area contributed by atoms with Gasteiger partial charge in [-0.05, 0) is 32.8 Å². The highest BCUT2D eigenvalue weighted by atomic mass is 19.1. The van der Waals surface area contributed by atoms with E-state index >= 15 is 0 Å². The number of fused-ring (bicyclic) bond motifs is 2. The monoisotopic (exact) mass is 341 g/mol. The summed E-state index contributed by atoms with van der Waals surface area (Å²) < 4.78 is 14.3. The maximum absolute atomic E-state index is 14.3. The lowest BCUT2D eigenvalue weighted by molar-refractivity contribution is -0.114. The van der Waals surface area contributed by atoms with Crippen LogP contribution in [0.5, 0.6) is 0 Å². The average molecular weight is 341 g/mol. The van der Waals surface area contributed by atoms with Crippen molar-refractivity contribution in [1.82, 2.24) is 15.0 Å². The molecule has 2 aromatic rings. The zero-order valence-electron chi connectivity index (χ0n) is 14.5. The molecule has 0 radical (unpaired) electrons. The highest BCUT2D eigenvalue weighted by Crippen LogP contribution is 2.57. The van der Waals surface area contributed by atoms with Crippen molar-refractivity contribution in [3.63, 3.8) is 0 Å². The molecule has 1 N–H and O–H groups in total. The fourth-order valence-electron chi connectivity index (χ4n) is 3.37. The molecule has 1 aliphatic heterocycles. The third-order valence-electron chi connectivity index (χ3n) is 4.81. The Morgan fingerprint density at radius 3 is 2.76 bits per heavy atom. The van der Waals surface area contributed by atoms with Crippen molar-refractivity contribution in [3.8, 4) is 0 Å².